The molecule has 2 rings (SSSR count). The highest BCUT2D eigenvalue weighted by Gasteiger charge is 2.23. The summed E-state index contributed by atoms with van der Waals surface area (Å²) in [5.74, 6) is -0.163. The fourth-order valence-corrected chi connectivity index (χ4v) is 3.22. The van der Waals surface area contributed by atoms with Crippen molar-refractivity contribution >= 4 is 22.6 Å². The Hall–Kier alpha value is -3.16. The molecule has 30 heavy (non-hydrogen) atoms. The van der Waals surface area contributed by atoms with Crippen LogP contribution in [0.2, 0.25) is 0 Å². The van der Waals surface area contributed by atoms with E-state index in [1.54, 1.807) is 13.0 Å². The Morgan fingerprint density at radius 3 is 2.47 bits per heavy atom. The van der Waals surface area contributed by atoms with Crippen molar-refractivity contribution in [2.45, 2.75) is 66.3 Å². The molecule has 0 aliphatic heterocycles. The van der Waals surface area contributed by atoms with E-state index in [4.69, 9.17) is 9.47 Å². The molecule has 0 spiro atoms. The molecule has 0 aliphatic rings. The van der Waals surface area contributed by atoms with E-state index in [9.17, 15) is 19.7 Å². The third-order valence-electron chi connectivity index (χ3n) is 4.76. The summed E-state index contributed by atoms with van der Waals surface area (Å²) in [6.07, 6.45) is 6.01. The van der Waals surface area contributed by atoms with Crippen LogP contribution in [0.25, 0.3) is 10.9 Å². The lowest BCUT2D eigenvalue weighted by molar-refractivity contribution is -0.384. The summed E-state index contributed by atoms with van der Waals surface area (Å²) in [5.41, 5.74) is -0.295. The van der Waals surface area contributed by atoms with Crippen LogP contribution in [0.5, 0.6) is 11.5 Å². The molecule has 0 aliphatic carbocycles. The molecule has 0 saturated heterocycles. The number of unbranched alkanes of at least 4 members (excludes halogenated alkanes) is 3. The number of fused-ring (bicyclic) bond motifs is 1. The van der Waals surface area contributed by atoms with Crippen molar-refractivity contribution in [3.63, 3.8) is 0 Å². The molecule has 0 unspecified atom stereocenters. The van der Waals surface area contributed by atoms with Crippen LogP contribution in [0.1, 0.15) is 59.8 Å². The molecule has 162 valence electrons. The normalized spacial score (nSPS) is 11.5. The van der Waals surface area contributed by atoms with Gasteiger partial charge in [0.25, 0.3) is 11.2 Å². The van der Waals surface area contributed by atoms with Crippen molar-refractivity contribution in [2.75, 3.05) is 0 Å². The molecule has 0 fully saturated rings. The van der Waals surface area contributed by atoms with E-state index in [1.165, 1.54) is 29.7 Å². The van der Waals surface area contributed by atoms with Crippen LogP contribution in [0, 0.1) is 10.1 Å². The van der Waals surface area contributed by atoms with Gasteiger partial charge in [0.2, 0.25) is 5.75 Å². The van der Waals surface area contributed by atoms with Gasteiger partial charge in [0.15, 0.2) is 5.75 Å². The lowest BCUT2D eigenvalue weighted by Crippen LogP contribution is -2.25. The van der Waals surface area contributed by atoms with Gasteiger partial charge in [-0.25, -0.2) is 0 Å². The fourth-order valence-electron chi connectivity index (χ4n) is 3.22. The summed E-state index contributed by atoms with van der Waals surface area (Å²) >= 11 is 0. The topological polar surface area (TPSA) is 101 Å². The van der Waals surface area contributed by atoms with E-state index in [0.717, 1.165) is 25.7 Å². The molecule has 0 N–H and O–H groups in total. The number of carbonyl (C=O) groups excluding carboxylic acids is 1. The molecule has 0 bridgehead atoms. The Labute approximate surface area is 175 Å². The first-order chi connectivity index (χ1) is 14.3. The van der Waals surface area contributed by atoms with Crippen LogP contribution in [-0.4, -0.2) is 15.5 Å². The zero-order valence-electron chi connectivity index (χ0n) is 17.9. The highest BCUT2D eigenvalue weighted by Crippen LogP contribution is 2.36. The van der Waals surface area contributed by atoms with Gasteiger partial charge < -0.3 is 14.0 Å². The first kappa shape index (κ1) is 23.1. The van der Waals surface area contributed by atoms with Crippen LogP contribution in [0.4, 0.5) is 5.69 Å². The second-order valence-electron chi connectivity index (χ2n) is 6.94. The molecule has 8 heteroatoms. The van der Waals surface area contributed by atoms with E-state index in [0.29, 0.717) is 29.6 Å². The summed E-state index contributed by atoms with van der Waals surface area (Å²) in [6.45, 7) is 7.35. The lowest BCUT2D eigenvalue weighted by Gasteiger charge is -2.18. The lowest BCUT2D eigenvalue weighted by atomic mass is 10.1. The minimum absolute atomic E-state index is 0.0971. The number of non-ortho nitro benzene ring substituents is 1. The Bertz CT molecular complexity index is 1020. The number of nitro groups is 1. The monoisotopic (exact) mass is 416 g/mol. The number of hydrogen-bond acceptors (Lipinski definition) is 6. The average Bonchev–Trinajstić information content (AvgIpc) is 2.72. The maximum absolute atomic E-state index is 13.3. The molecule has 1 aromatic heterocycles. The number of hydrogen-bond donors (Lipinski definition) is 0. The molecule has 0 amide bonds. The van der Waals surface area contributed by atoms with Crippen molar-refractivity contribution in [3.05, 3.63) is 50.5 Å². The predicted molar refractivity (Wildman–Crippen MR) is 115 cm³/mol. The Morgan fingerprint density at radius 1 is 1.17 bits per heavy atom. The van der Waals surface area contributed by atoms with Crippen LogP contribution in [0.3, 0.4) is 0 Å². The number of ether oxygens (including phenoxy) is 2. The van der Waals surface area contributed by atoms with Crippen molar-refractivity contribution in [1.29, 1.82) is 0 Å². The SMILES string of the molecule is CC=C(CC)Oc1c(OC(C)=O)c(=O)n(CCCCCC)c2cc([N+](=O)[O-])ccc12. The van der Waals surface area contributed by atoms with Gasteiger partial charge in [-0.3, -0.25) is 19.7 Å². The Kier molecular flexibility index (Phi) is 8.15. The number of nitrogens with zero attached hydrogens (tertiary/aromatic N) is 2. The highest BCUT2D eigenvalue weighted by atomic mass is 16.6. The van der Waals surface area contributed by atoms with Gasteiger partial charge in [0.1, 0.15) is 0 Å². The number of aromatic nitrogens is 1. The summed E-state index contributed by atoms with van der Waals surface area (Å²) in [7, 11) is 0. The third-order valence-corrected chi connectivity index (χ3v) is 4.76. The highest BCUT2D eigenvalue weighted by molar-refractivity contribution is 5.90. The number of esters is 1. The average molecular weight is 416 g/mol. The third kappa shape index (κ3) is 5.25. The molecule has 0 radical (unpaired) electrons. The fraction of sp³-hybridized carbons (Fsp3) is 0.455. The van der Waals surface area contributed by atoms with E-state index in [1.807, 2.05) is 6.92 Å². The van der Waals surface area contributed by atoms with Gasteiger partial charge in [0.05, 0.1) is 16.2 Å². The maximum Gasteiger partial charge on any atom is 0.308 e. The molecule has 2 aromatic rings. The second-order valence-corrected chi connectivity index (χ2v) is 6.94. The van der Waals surface area contributed by atoms with Crippen LogP contribution < -0.4 is 15.0 Å². The first-order valence-corrected chi connectivity index (χ1v) is 10.2. The molecule has 1 aromatic carbocycles. The molecule has 1 heterocycles. The quantitative estimate of drug-likeness (QED) is 0.175. The number of nitro benzene ring substituents is 1. The van der Waals surface area contributed by atoms with Crippen molar-refractivity contribution < 1.29 is 19.2 Å². The molecule has 0 saturated carbocycles. The number of rotatable bonds is 10. The largest absolute Gasteiger partial charge is 0.457 e. The van der Waals surface area contributed by atoms with Crippen molar-refractivity contribution in [1.82, 2.24) is 4.57 Å². The van der Waals surface area contributed by atoms with Gasteiger partial charge in [-0.1, -0.05) is 33.1 Å². The van der Waals surface area contributed by atoms with E-state index in [2.05, 4.69) is 6.92 Å². The second kappa shape index (κ2) is 10.6. The zero-order valence-corrected chi connectivity index (χ0v) is 17.9. The zero-order chi connectivity index (χ0) is 22.3. The maximum atomic E-state index is 13.3. The Balaban J connectivity index is 2.79. The van der Waals surface area contributed by atoms with Gasteiger partial charge in [-0.15, -0.1) is 0 Å². The van der Waals surface area contributed by atoms with E-state index >= 15 is 0 Å². The number of aryl methyl sites for hydroxylation is 1. The summed E-state index contributed by atoms with van der Waals surface area (Å²) in [4.78, 5) is 35.8. The van der Waals surface area contributed by atoms with Gasteiger partial charge in [-0.05, 0) is 25.5 Å². The molecule has 8 nitrogen and oxygen atoms in total. The summed E-state index contributed by atoms with van der Waals surface area (Å²) in [5, 5.41) is 11.8. The standard InChI is InChI=1S/C22H28N2O6/c1-5-8-9-10-13-23-19-14-16(24(27)28)11-12-18(19)20(30-17(6-2)7-3)21(22(23)26)29-15(4)25/h6,11-12,14H,5,7-10,13H2,1-4H3. The van der Waals surface area contributed by atoms with Gasteiger partial charge >= 0.3 is 5.97 Å². The van der Waals surface area contributed by atoms with Crippen LogP contribution >= 0.6 is 0 Å². The smallest absolute Gasteiger partial charge is 0.308 e. The van der Waals surface area contributed by atoms with Crippen molar-refractivity contribution in [2.24, 2.45) is 0 Å². The van der Waals surface area contributed by atoms with Crippen molar-refractivity contribution in [3.8, 4) is 11.5 Å². The minimum atomic E-state index is -0.644. The predicted octanol–water partition coefficient (Wildman–Crippen LogP) is 5.11. The number of allylic oxidation sites excluding steroid dienone is 2. The van der Waals surface area contributed by atoms with E-state index in [-0.39, 0.29) is 17.2 Å². The summed E-state index contributed by atoms with van der Waals surface area (Å²) < 4.78 is 12.6. The minimum Gasteiger partial charge on any atom is -0.457 e. The van der Waals surface area contributed by atoms with E-state index < -0.39 is 16.5 Å². The Morgan fingerprint density at radius 2 is 1.90 bits per heavy atom. The summed E-state index contributed by atoms with van der Waals surface area (Å²) in [6, 6.07) is 4.24. The molecule has 0 atom stereocenters. The van der Waals surface area contributed by atoms with Crippen LogP contribution in [0.15, 0.2) is 34.8 Å². The number of pyridine rings is 1. The van der Waals surface area contributed by atoms with Gasteiger partial charge in [0, 0.05) is 37.4 Å². The molecular formula is C22H28N2O6. The van der Waals surface area contributed by atoms with Crippen LogP contribution in [-0.2, 0) is 11.3 Å². The number of benzene rings is 1. The first-order valence-electron chi connectivity index (χ1n) is 10.2. The van der Waals surface area contributed by atoms with Gasteiger partial charge in [-0.2, -0.15) is 0 Å². The molecular weight excluding hydrogens is 388 g/mol. The number of carbonyl (C=O) groups is 1.